The molecular weight excluding hydrogens is 294 g/mol. The molecule has 1 fully saturated rings. The molecule has 2 atom stereocenters. The lowest BCUT2D eigenvalue weighted by Gasteiger charge is -2.34. The highest BCUT2D eigenvalue weighted by Crippen LogP contribution is 2.28. The number of nitrogens with zero attached hydrogens (tertiary/aromatic N) is 1. The number of ether oxygens (including phenoxy) is 1. The highest BCUT2D eigenvalue weighted by Gasteiger charge is 2.28. The minimum absolute atomic E-state index is 0.0411. The summed E-state index contributed by atoms with van der Waals surface area (Å²) in [6.45, 7) is 1.39. The number of carboxylic acids is 1. The second-order valence-electron chi connectivity index (χ2n) is 6.51. The lowest BCUT2D eigenvalue weighted by Crippen LogP contribution is -2.46. The Bertz CT molecular complexity index is 586. The van der Waals surface area contributed by atoms with Crippen LogP contribution in [-0.2, 0) is 27.2 Å². The molecule has 2 aliphatic rings. The number of aryl methyl sites for hydroxylation is 1. The summed E-state index contributed by atoms with van der Waals surface area (Å²) in [5, 5.41) is 8.86. The van der Waals surface area contributed by atoms with E-state index in [1.807, 2.05) is 0 Å². The van der Waals surface area contributed by atoms with E-state index in [1.165, 1.54) is 11.1 Å². The van der Waals surface area contributed by atoms with Gasteiger partial charge in [0.2, 0.25) is 5.91 Å². The van der Waals surface area contributed by atoms with Gasteiger partial charge in [-0.2, -0.15) is 0 Å². The number of fused-ring (bicyclic) bond motifs is 1. The molecule has 1 N–H and O–H groups in total. The summed E-state index contributed by atoms with van der Waals surface area (Å²) in [5.41, 5.74) is 2.77. The number of morpholine rings is 1. The van der Waals surface area contributed by atoms with Gasteiger partial charge in [0.15, 0.2) is 0 Å². The third-order valence-corrected chi connectivity index (χ3v) is 4.81. The molecule has 1 saturated heterocycles. The van der Waals surface area contributed by atoms with Crippen LogP contribution >= 0.6 is 0 Å². The van der Waals surface area contributed by atoms with Crippen molar-refractivity contribution < 1.29 is 19.4 Å². The summed E-state index contributed by atoms with van der Waals surface area (Å²) in [4.78, 5) is 25.1. The van der Waals surface area contributed by atoms with Crippen molar-refractivity contribution in [3.8, 4) is 0 Å². The Kier molecular flexibility index (Phi) is 4.96. The number of carbonyl (C=O) groups excluding carboxylic acids is 1. The minimum atomic E-state index is -0.881. The van der Waals surface area contributed by atoms with Crippen molar-refractivity contribution in [3.05, 3.63) is 35.4 Å². The maximum atomic E-state index is 12.5. The Morgan fingerprint density at radius 3 is 2.78 bits per heavy atom. The fourth-order valence-electron chi connectivity index (χ4n) is 3.59. The molecular formula is C18H23NO4. The number of carboxylic acid groups (broad SMARTS) is 1. The van der Waals surface area contributed by atoms with Crippen LogP contribution in [0.15, 0.2) is 24.3 Å². The zero-order chi connectivity index (χ0) is 16.2. The van der Waals surface area contributed by atoms with E-state index >= 15 is 0 Å². The summed E-state index contributed by atoms with van der Waals surface area (Å²) in [7, 11) is 0. The quantitative estimate of drug-likeness (QED) is 0.921. The predicted molar refractivity (Wildman–Crippen MR) is 85.1 cm³/mol. The molecule has 1 amide bonds. The van der Waals surface area contributed by atoms with Crippen LogP contribution < -0.4 is 0 Å². The second kappa shape index (κ2) is 7.13. The molecule has 0 bridgehead atoms. The molecule has 1 heterocycles. The molecule has 1 aromatic rings. The number of benzene rings is 1. The SMILES string of the molecule is O=C(O)C[C@H]1CN(C(=O)C[C@@H]2CCc3ccccc3C2)CCO1. The van der Waals surface area contributed by atoms with Gasteiger partial charge in [0.25, 0.3) is 0 Å². The van der Waals surface area contributed by atoms with Crippen LogP contribution in [0.3, 0.4) is 0 Å². The van der Waals surface area contributed by atoms with Crippen molar-refractivity contribution in [2.75, 3.05) is 19.7 Å². The Labute approximate surface area is 136 Å². The largest absolute Gasteiger partial charge is 0.481 e. The second-order valence-corrected chi connectivity index (χ2v) is 6.51. The first-order valence-corrected chi connectivity index (χ1v) is 8.30. The minimum Gasteiger partial charge on any atom is -0.481 e. The van der Waals surface area contributed by atoms with E-state index in [1.54, 1.807) is 4.90 Å². The summed E-state index contributed by atoms with van der Waals surface area (Å²) in [5.74, 6) is -0.362. The van der Waals surface area contributed by atoms with Gasteiger partial charge in [-0.25, -0.2) is 0 Å². The van der Waals surface area contributed by atoms with E-state index in [0.717, 1.165) is 19.3 Å². The predicted octanol–water partition coefficient (Wildman–Crippen LogP) is 1.88. The number of rotatable bonds is 4. The van der Waals surface area contributed by atoms with Crippen molar-refractivity contribution in [2.24, 2.45) is 5.92 Å². The molecule has 0 saturated carbocycles. The fraction of sp³-hybridized carbons (Fsp3) is 0.556. The van der Waals surface area contributed by atoms with Crippen LogP contribution in [0, 0.1) is 5.92 Å². The van der Waals surface area contributed by atoms with Crippen LogP contribution in [-0.4, -0.2) is 47.7 Å². The van der Waals surface area contributed by atoms with Crippen LogP contribution in [0.5, 0.6) is 0 Å². The van der Waals surface area contributed by atoms with E-state index in [4.69, 9.17) is 9.84 Å². The third-order valence-electron chi connectivity index (χ3n) is 4.81. The van der Waals surface area contributed by atoms with Crippen LogP contribution in [0.25, 0.3) is 0 Å². The topological polar surface area (TPSA) is 66.8 Å². The average molecular weight is 317 g/mol. The van der Waals surface area contributed by atoms with Gasteiger partial charge in [-0.15, -0.1) is 0 Å². The molecule has 1 aliphatic carbocycles. The van der Waals surface area contributed by atoms with Gasteiger partial charge < -0.3 is 14.7 Å². The zero-order valence-electron chi connectivity index (χ0n) is 13.2. The van der Waals surface area contributed by atoms with Crippen LogP contribution in [0.2, 0.25) is 0 Å². The number of carbonyl (C=O) groups is 2. The summed E-state index contributed by atoms with van der Waals surface area (Å²) < 4.78 is 5.43. The molecule has 0 aromatic heterocycles. The molecule has 0 spiro atoms. The van der Waals surface area contributed by atoms with Crippen molar-refractivity contribution in [1.29, 1.82) is 0 Å². The van der Waals surface area contributed by atoms with Crippen molar-refractivity contribution in [2.45, 2.75) is 38.2 Å². The number of hydrogen-bond donors (Lipinski definition) is 1. The molecule has 3 rings (SSSR count). The van der Waals surface area contributed by atoms with Crippen molar-refractivity contribution >= 4 is 11.9 Å². The summed E-state index contributed by atoms with van der Waals surface area (Å²) in [6.07, 6.45) is 3.18. The first kappa shape index (κ1) is 16.0. The Balaban J connectivity index is 1.54. The van der Waals surface area contributed by atoms with Crippen molar-refractivity contribution in [1.82, 2.24) is 4.90 Å². The lowest BCUT2D eigenvalue weighted by atomic mass is 9.82. The highest BCUT2D eigenvalue weighted by molar-refractivity contribution is 5.77. The van der Waals surface area contributed by atoms with Crippen LogP contribution in [0.1, 0.15) is 30.4 Å². The van der Waals surface area contributed by atoms with Gasteiger partial charge in [0.1, 0.15) is 0 Å². The van der Waals surface area contributed by atoms with Crippen LogP contribution in [0.4, 0.5) is 0 Å². The zero-order valence-corrected chi connectivity index (χ0v) is 13.2. The third kappa shape index (κ3) is 4.10. The number of amides is 1. The molecule has 5 nitrogen and oxygen atoms in total. The first-order chi connectivity index (χ1) is 11.1. The Morgan fingerprint density at radius 2 is 2.00 bits per heavy atom. The summed E-state index contributed by atoms with van der Waals surface area (Å²) >= 11 is 0. The summed E-state index contributed by atoms with van der Waals surface area (Å²) in [6, 6.07) is 8.46. The van der Waals surface area contributed by atoms with E-state index in [2.05, 4.69) is 24.3 Å². The lowest BCUT2D eigenvalue weighted by molar-refractivity contribution is -0.148. The normalized spacial score (nSPS) is 24.1. The first-order valence-electron chi connectivity index (χ1n) is 8.30. The molecule has 0 radical (unpaired) electrons. The number of hydrogen-bond acceptors (Lipinski definition) is 3. The molecule has 0 unspecified atom stereocenters. The molecule has 23 heavy (non-hydrogen) atoms. The van der Waals surface area contributed by atoms with Gasteiger partial charge in [-0.3, -0.25) is 9.59 Å². The van der Waals surface area contributed by atoms with E-state index < -0.39 is 5.97 Å². The molecule has 1 aliphatic heterocycles. The number of aliphatic carboxylic acids is 1. The monoisotopic (exact) mass is 317 g/mol. The van der Waals surface area contributed by atoms with Crippen molar-refractivity contribution in [3.63, 3.8) is 0 Å². The van der Waals surface area contributed by atoms with Gasteiger partial charge in [-0.05, 0) is 36.3 Å². The van der Waals surface area contributed by atoms with E-state index in [-0.39, 0.29) is 18.4 Å². The van der Waals surface area contributed by atoms with Gasteiger partial charge in [0.05, 0.1) is 19.1 Å². The molecule has 5 heteroatoms. The maximum absolute atomic E-state index is 12.5. The van der Waals surface area contributed by atoms with Gasteiger partial charge in [0, 0.05) is 19.5 Å². The highest BCUT2D eigenvalue weighted by atomic mass is 16.5. The maximum Gasteiger partial charge on any atom is 0.306 e. The fourth-order valence-corrected chi connectivity index (χ4v) is 3.59. The average Bonchev–Trinajstić information content (AvgIpc) is 2.54. The Morgan fingerprint density at radius 1 is 1.22 bits per heavy atom. The Hall–Kier alpha value is -1.88. The van der Waals surface area contributed by atoms with Gasteiger partial charge in [-0.1, -0.05) is 24.3 Å². The smallest absolute Gasteiger partial charge is 0.306 e. The van der Waals surface area contributed by atoms with E-state index in [0.29, 0.717) is 32.0 Å². The van der Waals surface area contributed by atoms with E-state index in [9.17, 15) is 9.59 Å². The molecule has 124 valence electrons. The standard InChI is InChI=1S/C18H23NO4/c20-17(19-7-8-23-16(12-19)11-18(21)22)10-13-5-6-14-3-1-2-4-15(14)9-13/h1-4,13,16H,5-12H2,(H,21,22)/t13-,16+/m1/s1. The molecule has 1 aromatic carbocycles. The van der Waals surface area contributed by atoms with Gasteiger partial charge >= 0.3 is 5.97 Å².